The third kappa shape index (κ3) is 4.01. The standard InChI is InChI=1S/C3H12NO9P3/c4-3(15(8,9)10,16(11,12)13)1-2-14(5,6)7/h1-2,4H2,(H2,5,6,7)(H2,8,9,10)(H2,11,12,13). The van der Waals surface area contributed by atoms with Crippen molar-refractivity contribution in [2.24, 2.45) is 5.73 Å². The summed E-state index contributed by atoms with van der Waals surface area (Å²) in [5, 5.41) is -3.28. The van der Waals surface area contributed by atoms with Crippen LogP contribution in [0.2, 0.25) is 0 Å². The molecule has 0 rings (SSSR count). The monoisotopic (exact) mass is 299 g/mol. The second-order valence-corrected chi connectivity index (χ2v) is 9.01. The molecular weight excluding hydrogens is 287 g/mol. The Labute approximate surface area is 90.0 Å². The van der Waals surface area contributed by atoms with Gasteiger partial charge in [-0.15, -0.1) is 0 Å². The quantitative estimate of drug-likeness (QED) is 0.294. The molecule has 0 spiro atoms. The number of hydrogen-bond donors (Lipinski definition) is 7. The van der Waals surface area contributed by atoms with E-state index in [1.54, 1.807) is 0 Å². The lowest BCUT2D eigenvalue weighted by Crippen LogP contribution is -2.40. The predicted octanol–water partition coefficient (Wildman–Crippen LogP) is -1.48. The van der Waals surface area contributed by atoms with Crippen molar-refractivity contribution >= 4 is 22.8 Å². The molecule has 10 nitrogen and oxygen atoms in total. The van der Waals surface area contributed by atoms with Crippen molar-refractivity contribution < 1.29 is 43.1 Å². The molecule has 0 saturated heterocycles. The lowest BCUT2D eigenvalue weighted by atomic mass is 10.5. The minimum atomic E-state index is -5.42. The fourth-order valence-corrected chi connectivity index (χ4v) is 3.93. The van der Waals surface area contributed by atoms with Gasteiger partial charge in [0.2, 0.25) is 5.02 Å². The molecule has 8 N–H and O–H groups in total. The van der Waals surface area contributed by atoms with E-state index in [0.29, 0.717) is 0 Å². The Hall–Kier alpha value is 0.410. The van der Waals surface area contributed by atoms with Crippen LogP contribution in [-0.2, 0) is 13.7 Å². The van der Waals surface area contributed by atoms with Crippen LogP contribution in [0.4, 0.5) is 0 Å². The molecule has 0 aromatic rings. The first-order valence-corrected chi connectivity index (χ1v) is 8.68. The van der Waals surface area contributed by atoms with Gasteiger partial charge in [-0.05, 0) is 0 Å². The molecule has 0 aliphatic heterocycles. The molecular formula is C3H12NO9P3. The first-order chi connectivity index (χ1) is 6.71. The van der Waals surface area contributed by atoms with Gasteiger partial charge in [0.05, 0.1) is 6.16 Å². The third-order valence-electron chi connectivity index (χ3n) is 1.78. The Morgan fingerprint density at radius 2 is 1.19 bits per heavy atom. The highest BCUT2D eigenvalue weighted by atomic mass is 31.2. The largest absolute Gasteiger partial charge is 0.357 e. The third-order valence-corrected chi connectivity index (χ3v) is 6.61. The van der Waals surface area contributed by atoms with Gasteiger partial charge in [-0.1, -0.05) is 0 Å². The Bertz CT molecular complexity index is 365. The van der Waals surface area contributed by atoms with E-state index in [0.717, 1.165) is 0 Å². The summed E-state index contributed by atoms with van der Waals surface area (Å²) in [5.41, 5.74) is 4.89. The molecule has 0 aliphatic carbocycles. The molecule has 0 radical (unpaired) electrons. The Morgan fingerprint density at radius 1 is 0.875 bits per heavy atom. The van der Waals surface area contributed by atoms with Gasteiger partial charge >= 0.3 is 22.8 Å². The zero-order valence-corrected chi connectivity index (χ0v) is 10.4. The van der Waals surface area contributed by atoms with Gasteiger partial charge in [0, 0.05) is 6.42 Å². The molecule has 0 unspecified atom stereocenters. The van der Waals surface area contributed by atoms with Crippen molar-refractivity contribution in [1.82, 2.24) is 0 Å². The van der Waals surface area contributed by atoms with Crippen molar-refractivity contribution in [1.29, 1.82) is 0 Å². The van der Waals surface area contributed by atoms with E-state index in [-0.39, 0.29) is 0 Å². The van der Waals surface area contributed by atoms with Crippen LogP contribution in [0.25, 0.3) is 0 Å². The molecule has 0 aromatic heterocycles. The average Bonchev–Trinajstić information content (AvgIpc) is 1.93. The maximum atomic E-state index is 10.8. The van der Waals surface area contributed by atoms with Crippen LogP contribution >= 0.6 is 22.8 Å². The maximum Gasteiger partial charge on any atom is 0.357 e. The van der Waals surface area contributed by atoms with Crippen LogP contribution < -0.4 is 5.73 Å². The summed E-state index contributed by atoms with van der Waals surface area (Å²) in [6.45, 7) is 0. The van der Waals surface area contributed by atoms with E-state index in [2.05, 4.69) is 0 Å². The summed E-state index contributed by atoms with van der Waals surface area (Å²) in [5.74, 6) is 0. The van der Waals surface area contributed by atoms with Crippen molar-refractivity contribution in [2.75, 3.05) is 6.16 Å². The van der Waals surface area contributed by atoms with Gasteiger partial charge < -0.3 is 35.1 Å². The van der Waals surface area contributed by atoms with Crippen LogP contribution in [-0.4, -0.2) is 40.5 Å². The van der Waals surface area contributed by atoms with Gasteiger partial charge in [-0.3, -0.25) is 13.7 Å². The van der Waals surface area contributed by atoms with E-state index in [9.17, 15) is 13.7 Å². The maximum absolute atomic E-state index is 10.8. The highest BCUT2D eigenvalue weighted by molar-refractivity contribution is 7.72. The van der Waals surface area contributed by atoms with Gasteiger partial charge in [0.25, 0.3) is 0 Å². The van der Waals surface area contributed by atoms with Gasteiger partial charge in [-0.25, -0.2) is 0 Å². The molecule has 0 heterocycles. The first-order valence-electron chi connectivity index (χ1n) is 3.65. The van der Waals surface area contributed by atoms with Crippen molar-refractivity contribution in [3.8, 4) is 0 Å². The molecule has 16 heavy (non-hydrogen) atoms. The number of nitrogens with two attached hydrogens (primary N) is 1. The summed E-state index contributed by atoms with van der Waals surface area (Å²) in [6.07, 6.45) is -2.34. The van der Waals surface area contributed by atoms with Crippen LogP contribution in [0.5, 0.6) is 0 Å². The molecule has 0 fully saturated rings. The summed E-state index contributed by atoms with van der Waals surface area (Å²) in [6, 6.07) is 0. The molecule has 0 amide bonds. The molecule has 0 aromatic carbocycles. The Kier molecular flexibility index (Phi) is 4.71. The Balaban J connectivity index is 5.24. The topological polar surface area (TPSA) is 199 Å². The van der Waals surface area contributed by atoms with Crippen molar-refractivity contribution in [3.05, 3.63) is 0 Å². The molecule has 0 aliphatic rings. The Morgan fingerprint density at radius 3 is 1.38 bits per heavy atom. The summed E-state index contributed by atoms with van der Waals surface area (Å²) >= 11 is 0. The van der Waals surface area contributed by atoms with E-state index >= 15 is 0 Å². The van der Waals surface area contributed by atoms with Gasteiger partial charge in [0.15, 0.2) is 0 Å². The highest BCUT2D eigenvalue weighted by Gasteiger charge is 2.57. The fourth-order valence-electron chi connectivity index (χ4n) is 0.771. The van der Waals surface area contributed by atoms with Gasteiger partial charge in [0.1, 0.15) is 0 Å². The first kappa shape index (κ1) is 16.4. The summed E-state index contributed by atoms with van der Waals surface area (Å²) in [7, 11) is -15.5. The smallest absolute Gasteiger partial charge is 0.324 e. The van der Waals surface area contributed by atoms with Crippen LogP contribution in [0.15, 0.2) is 0 Å². The second-order valence-electron chi connectivity index (χ2n) is 3.10. The molecule has 0 saturated carbocycles. The summed E-state index contributed by atoms with van der Waals surface area (Å²) in [4.78, 5) is 51.8. The van der Waals surface area contributed by atoms with E-state index < -0.39 is 40.4 Å². The van der Waals surface area contributed by atoms with E-state index in [4.69, 9.17) is 35.1 Å². The van der Waals surface area contributed by atoms with E-state index in [1.165, 1.54) is 0 Å². The second kappa shape index (κ2) is 4.59. The zero-order chi connectivity index (χ0) is 13.4. The normalized spacial score (nSPS) is 15.2. The average molecular weight is 299 g/mol. The van der Waals surface area contributed by atoms with Crippen LogP contribution in [0.1, 0.15) is 6.42 Å². The lowest BCUT2D eigenvalue weighted by Gasteiger charge is -2.30. The molecule has 0 atom stereocenters. The van der Waals surface area contributed by atoms with Crippen molar-refractivity contribution in [2.45, 2.75) is 11.4 Å². The molecule has 98 valence electrons. The van der Waals surface area contributed by atoms with Crippen molar-refractivity contribution in [3.63, 3.8) is 0 Å². The molecule has 13 heteroatoms. The predicted molar refractivity (Wildman–Crippen MR) is 52.5 cm³/mol. The number of rotatable bonds is 5. The van der Waals surface area contributed by atoms with Crippen LogP contribution in [0, 0.1) is 0 Å². The fraction of sp³-hybridized carbons (Fsp3) is 1.00. The lowest BCUT2D eigenvalue weighted by molar-refractivity contribution is 0.304. The highest BCUT2D eigenvalue weighted by Crippen LogP contribution is 2.68. The van der Waals surface area contributed by atoms with Crippen LogP contribution in [0.3, 0.4) is 0 Å². The minimum absolute atomic E-state index is 1.14. The zero-order valence-electron chi connectivity index (χ0n) is 7.74. The molecule has 0 bridgehead atoms. The minimum Gasteiger partial charge on any atom is -0.324 e. The van der Waals surface area contributed by atoms with E-state index in [1.807, 2.05) is 0 Å². The SMILES string of the molecule is NC(CCP(=O)(O)O)(P(=O)(O)O)P(=O)(O)O. The summed E-state index contributed by atoms with van der Waals surface area (Å²) < 4.78 is 32.1. The van der Waals surface area contributed by atoms with Gasteiger partial charge in [-0.2, -0.15) is 0 Å². The number of hydrogen-bond acceptors (Lipinski definition) is 4.